The first-order valence-corrected chi connectivity index (χ1v) is 9.75. The lowest BCUT2D eigenvalue weighted by Crippen LogP contribution is -2.13. The molecular weight excluding hydrogens is 408 g/mol. The summed E-state index contributed by atoms with van der Waals surface area (Å²) in [6.07, 6.45) is 3.05. The zero-order valence-corrected chi connectivity index (χ0v) is 18.0. The molecule has 0 atom stereocenters. The number of benzene rings is 3. The zero-order chi connectivity index (χ0) is 23.1. The highest BCUT2D eigenvalue weighted by atomic mass is 16.5. The molecule has 3 N–H and O–H groups in total. The summed E-state index contributed by atoms with van der Waals surface area (Å²) in [4.78, 5) is 25.1. The molecule has 0 saturated heterocycles. The van der Waals surface area contributed by atoms with Gasteiger partial charge in [-0.1, -0.05) is 24.3 Å². The minimum absolute atomic E-state index is 0.232. The highest BCUT2D eigenvalue weighted by molar-refractivity contribution is 6.09. The topological polar surface area (TPSA) is 99.9 Å². The van der Waals surface area contributed by atoms with E-state index in [2.05, 4.69) is 5.32 Å². The average Bonchev–Trinajstić information content (AvgIpc) is 2.83. The lowest BCUT2D eigenvalue weighted by molar-refractivity contribution is 0.102. The van der Waals surface area contributed by atoms with Crippen molar-refractivity contribution in [2.24, 2.45) is 0 Å². The third-order valence-electron chi connectivity index (χ3n) is 4.80. The van der Waals surface area contributed by atoms with Crippen LogP contribution in [0.25, 0.3) is 6.08 Å². The van der Waals surface area contributed by atoms with E-state index in [1.165, 1.54) is 20.3 Å². The Labute approximate surface area is 186 Å². The van der Waals surface area contributed by atoms with Crippen molar-refractivity contribution < 1.29 is 23.8 Å². The van der Waals surface area contributed by atoms with Gasteiger partial charge in [-0.15, -0.1) is 0 Å². The molecule has 0 aliphatic rings. The molecular formula is C25H24N2O5. The highest BCUT2D eigenvalue weighted by Crippen LogP contribution is 2.35. The summed E-state index contributed by atoms with van der Waals surface area (Å²) >= 11 is 0. The Morgan fingerprint density at radius 3 is 2.00 bits per heavy atom. The summed E-state index contributed by atoms with van der Waals surface area (Å²) in [6.45, 7) is 0. The summed E-state index contributed by atoms with van der Waals surface area (Å²) in [5.74, 6) is 1.05. The number of nitrogen functional groups attached to an aromatic ring is 1. The van der Waals surface area contributed by atoms with Gasteiger partial charge in [0.25, 0.3) is 5.91 Å². The van der Waals surface area contributed by atoms with Crippen LogP contribution >= 0.6 is 0 Å². The number of hydrogen-bond donors (Lipinski definition) is 2. The quantitative estimate of drug-likeness (QED) is 0.310. The van der Waals surface area contributed by atoms with Crippen molar-refractivity contribution in [2.75, 3.05) is 32.4 Å². The molecule has 0 aliphatic carbocycles. The second-order valence-corrected chi connectivity index (χ2v) is 6.76. The number of methoxy groups -OCH3 is 3. The molecule has 1 amide bonds. The summed E-state index contributed by atoms with van der Waals surface area (Å²) < 4.78 is 16.0. The SMILES string of the molecule is COc1cc(OC)c(/C=C/C(=O)c2ccc(C(=O)Nc3ccccc3N)cc2)c(OC)c1. The van der Waals surface area contributed by atoms with Gasteiger partial charge in [0.15, 0.2) is 5.78 Å². The van der Waals surface area contributed by atoms with Crippen LogP contribution in [-0.2, 0) is 0 Å². The fourth-order valence-corrected chi connectivity index (χ4v) is 3.04. The molecule has 32 heavy (non-hydrogen) atoms. The fourth-order valence-electron chi connectivity index (χ4n) is 3.04. The number of allylic oxidation sites excluding steroid dienone is 1. The lowest BCUT2D eigenvalue weighted by Gasteiger charge is -2.12. The Morgan fingerprint density at radius 1 is 0.844 bits per heavy atom. The van der Waals surface area contributed by atoms with Gasteiger partial charge in [-0.25, -0.2) is 0 Å². The Kier molecular flexibility index (Phi) is 7.13. The maximum Gasteiger partial charge on any atom is 0.255 e. The molecule has 0 bridgehead atoms. The van der Waals surface area contributed by atoms with Crippen molar-refractivity contribution >= 4 is 29.1 Å². The number of nitrogens with two attached hydrogens (primary N) is 1. The van der Waals surface area contributed by atoms with Gasteiger partial charge in [0.2, 0.25) is 0 Å². The molecule has 0 aromatic heterocycles. The van der Waals surface area contributed by atoms with Gasteiger partial charge in [0, 0.05) is 23.3 Å². The van der Waals surface area contributed by atoms with Crippen LogP contribution in [0.1, 0.15) is 26.3 Å². The maximum absolute atomic E-state index is 12.6. The van der Waals surface area contributed by atoms with Crippen LogP contribution in [0.5, 0.6) is 17.2 Å². The molecule has 0 spiro atoms. The van der Waals surface area contributed by atoms with Crippen LogP contribution < -0.4 is 25.3 Å². The zero-order valence-electron chi connectivity index (χ0n) is 18.0. The minimum Gasteiger partial charge on any atom is -0.496 e. The van der Waals surface area contributed by atoms with E-state index in [1.54, 1.807) is 73.8 Å². The van der Waals surface area contributed by atoms with Crippen LogP contribution in [0.4, 0.5) is 11.4 Å². The van der Waals surface area contributed by atoms with Crippen LogP contribution in [0.2, 0.25) is 0 Å². The van der Waals surface area contributed by atoms with Gasteiger partial charge < -0.3 is 25.3 Å². The van der Waals surface area contributed by atoms with Crippen LogP contribution in [0.15, 0.2) is 66.7 Å². The molecule has 0 unspecified atom stereocenters. The van der Waals surface area contributed by atoms with E-state index in [0.717, 1.165) is 0 Å². The molecule has 0 fully saturated rings. The van der Waals surface area contributed by atoms with Gasteiger partial charge in [-0.05, 0) is 36.4 Å². The molecule has 0 heterocycles. The molecule has 0 radical (unpaired) electrons. The molecule has 164 valence electrons. The molecule has 0 saturated carbocycles. The predicted octanol–water partition coefficient (Wildman–Crippen LogP) is 4.44. The Bertz CT molecular complexity index is 1130. The smallest absolute Gasteiger partial charge is 0.255 e. The van der Waals surface area contributed by atoms with Gasteiger partial charge in [0.1, 0.15) is 17.2 Å². The fraction of sp³-hybridized carbons (Fsp3) is 0.120. The number of para-hydroxylation sites is 2. The number of anilines is 2. The number of ether oxygens (including phenoxy) is 3. The minimum atomic E-state index is -0.315. The van der Waals surface area contributed by atoms with Gasteiger partial charge >= 0.3 is 0 Å². The van der Waals surface area contributed by atoms with E-state index in [0.29, 0.717) is 45.3 Å². The third-order valence-corrected chi connectivity index (χ3v) is 4.80. The van der Waals surface area contributed by atoms with Crippen molar-refractivity contribution in [1.82, 2.24) is 0 Å². The van der Waals surface area contributed by atoms with Crippen molar-refractivity contribution in [3.63, 3.8) is 0 Å². The van der Waals surface area contributed by atoms with E-state index in [-0.39, 0.29) is 11.7 Å². The van der Waals surface area contributed by atoms with Crippen LogP contribution in [0, 0.1) is 0 Å². The number of carbonyl (C=O) groups excluding carboxylic acids is 2. The van der Waals surface area contributed by atoms with E-state index in [4.69, 9.17) is 19.9 Å². The molecule has 7 heteroatoms. The van der Waals surface area contributed by atoms with E-state index in [1.807, 2.05) is 0 Å². The van der Waals surface area contributed by atoms with Crippen LogP contribution in [-0.4, -0.2) is 33.0 Å². The number of amides is 1. The monoisotopic (exact) mass is 432 g/mol. The lowest BCUT2D eigenvalue weighted by atomic mass is 10.1. The molecule has 0 aliphatic heterocycles. The predicted molar refractivity (Wildman–Crippen MR) is 125 cm³/mol. The Balaban J connectivity index is 1.76. The molecule has 3 aromatic rings. The molecule has 3 aromatic carbocycles. The number of rotatable bonds is 8. The standard InChI is InChI=1S/C25H24N2O5/c1-30-18-14-23(31-2)19(24(15-18)32-3)12-13-22(28)16-8-10-17(11-9-16)25(29)27-21-7-5-4-6-20(21)26/h4-15H,26H2,1-3H3,(H,27,29)/b13-12+. The summed E-state index contributed by atoms with van der Waals surface area (Å²) in [7, 11) is 4.60. The van der Waals surface area contributed by atoms with Gasteiger partial charge in [0.05, 0.1) is 38.3 Å². The van der Waals surface area contributed by atoms with Gasteiger partial charge in [-0.2, -0.15) is 0 Å². The molecule has 7 nitrogen and oxygen atoms in total. The molecule has 3 rings (SSSR count). The normalized spacial score (nSPS) is 10.6. The van der Waals surface area contributed by atoms with Crippen molar-refractivity contribution in [3.05, 3.63) is 83.4 Å². The highest BCUT2D eigenvalue weighted by Gasteiger charge is 2.13. The number of hydrogen-bond acceptors (Lipinski definition) is 6. The van der Waals surface area contributed by atoms with E-state index >= 15 is 0 Å². The second-order valence-electron chi connectivity index (χ2n) is 6.76. The van der Waals surface area contributed by atoms with Gasteiger partial charge in [-0.3, -0.25) is 9.59 Å². The Morgan fingerprint density at radius 2 is 1.44 bits per heavy atom. The first kappa shape index (κ1) is 22.4. The summed E-state index contributed by atoms with van der Waals surface area (Å²) in [6, 6.07) is 16.8. The van der Waals surface area contributed by atoms with Crippen LogP contribution in [0.3, 0.4) is 0 Å². The van der Waals surface area contributed by atoms with Crippen molar-refractivity contribution in [1.29, 1.82) is 0 Å². The van der Waals surface area contributed by atoms with E-state index < -0.39 is 0 Å². The summed E-state index contributed by atoms with van der Waals surface area (Å²) in [5, 5.41) is 2.76. The van der Waals surface area contributed by atoms with Crippen molar-refractivity contribution in [2.45, 2.75) is 0 Å². The first-order valence-electron chi connectivity index (χ1n) is 9.75. The number of nitrogens with one attached hydrogen (secondary N) is 1. The maximum atomic E-state index is 12.6. The van der Waals surface area contributed by atoms with Crippen molar-refractivity contribution in [3.8, 4) is 17.2 Å². The first-order chi connectivity index (χ1) is 15.5. The third kappa shape index (κ3) is 5.07. The average molecular weight is 432 g/mol. The number of carbonyl (C=O) groups is 2. The number of ketones is 1. The largest absolute Gasteiger partial charge is 0.496 e. The Hall–Kier alpha value is -4.26. The second kappa shape index (κ2) is 10.2. The summed E-state index contributed by atoms with van der Waals surface area (Å²) in [5.41, 5.74) is 8.32. The van der Waals surface area contributed by atoms with E-state index in [9.17, 15) is 9.59 Å².